The van der Waals surface area contributed by atoms with Gasteiger partial charge in [-0.15, -0.1) is 0 Å². The number of carboxylic acid groups (broad SMARTS) is 1. The lowest BCUT2D eigenvalue weighted by atomic mass is 10.1. The molecule has 0 spiro atoms. The summed E-state index contributed by atoms with van der Waals surface area (Å²) >= 11 is 0. The number of nitrogens with one attached hydrogen (secondary N) is 1. The number of aromatic nitrogens is 4. The van der Waals surface area contributed by atoms with Gasteiger partial charge in [0.15, 0.2) is 11.5 Å². The smallest absolute Gasteiger partial charge is 0.339 e. The van der Waals surface area contributed by atoms with Crippen molar-refractivity contribution in [3.8, 4) is 0 Å². The van der Waals surface area contributed by atoms with Gasteiger partial charge in [0.1, 0.15) is 15.2 Å². The van der Waals surface area contributed by atoms with Crippen molar-refractivity contribution in [1.82, 2.24) is 24.0 Å². The van der Waals surface area contributed by atoms with Crippen LogP contribution in [0, 0.1) is 10.7 Å². The first-order valence-electron chi connectivity index (χ1n) is 11.1. The second kappa shape index (κ2) is 10.3. The van der Waals surface area contributed by atoms with Gasteiger partial charge in [0.2, 0.25) is 5.16 Å². The lowest BCUT2D eigenvalue weighted by molar-refractivity contribution is -0.142. The van der Waals surface area contributed by atoms with Crippen LogP contribution in [-0.4, -0.2) is 64.7 Å². The highest BCUT2D eigenvalue weighted by molar-refractivity contribution is 7.92. The SMILES string of the molecule is CCCS(=N)(=O)c1nc(N)c2c(n1)n(Cc1ccccc1)c(=O)n2C(=O)N(C)CC(CC)C(=O)O. The molecule has 35 heavy (non-hydrogen) atoms. The molecule has 188 valence electrons. The van der Waals surface area contributed by atoms with Crippen LogP contribution in [0.1, 0.15) is 32.3 Å². The first-order valence-corrected chi connectivity index (χ1v) is 12.8. The topological polar surface area (TPSA) is 177 Å². The second-order valence-corrected chi connectivity index (χ2v) is 10.4. The lowest BCUT2D eigenvalue weighted by Crippen LogP contribution is -2.41. The zero-order valence-electron chi connectivity index (χ0n) is 19.8. The predicted octanol–water partition coefficient (Wildman–Crippen LogP) is 2.05. The highest BCUT2D eigenvalue weighted by Crippen LogP contribution is 2.22. The summed E-state index contributed by atoms with van der Waals surface area (Å²) in [7, 11) is -1.98. The Kier molecular flexibility index (Phi) is 7.58. The van der Waals surface area contributed by atoms with Gasteiger partial charge in [-0.2, -0.15) is 4.98 Å². The van der Waals surface area contributed by atoms with E-state index < -0.39 is 33.3 Å². The van der Waals surface area contributed by atoms with Crippen molar-refractivity contribution in [2.45, 2.75) is 38.4 Å². The van der Waals surface area contributed by atoms with E-state index in [2.05, 4.69) is 9.97 Å². The molecule has 12 nitrogen and oxygen atoms in total. The number of rotatable bonds is 9. The Bertz CT molecular complexity index is 1410. The fourth-order valence-corrected chi connectivity index (χ4v) is 4.96. The maximum Gasteiger partial charge on any atom is 0.339 e. The number of aliphatic carboxylic acids is 1. The Morgan fingerprint density at radius 2 is 1.89 bits per heavy atom. The number of nitrogens with two attached hydrogens (primary N) is 1. The third-order valence-electron chi connectivity index (χ3n) is 5.60. The molecule has 0 saturated heterocycles. The molecule has 4 N–H and O–H groups in total. The summed E-state index contributed by atoms with van der Waals surface area (Å²) in [4.78, 5) is 47.7. The zero-order valence-corrected chi connectivity index (χ0v) is 20.6. The first-order chi connectivity index (χ1) is 16.5. The Morgan fingerprint density at radius 3 is 2.46 bits per heavy atom. The van der Waals surface area contributed by atoms with Crippen LogP contribution in [0.4, 0.5) is 10.6 Å². The third-order valence-corrected chi connectivity index (χ3v) is 7.35. The number of imidazole rings is 1. The van der Waals surface area contributed by atoms with Gasteiger partial charge in [-0.05, 0) is 18.4 Å². The summed E-state index contributed by atoms with van der Waals surface area (Å²) in [5.41, 5.74) is 6.02. The minimum absolute atomic E-state index is 0.0107. The number of carbonyl (C=O) groups is 2. The fraction of sp³-hybridized carbons (Fsp3) is 0.409. The van der Waals surface area contributed by atoms with Crippen LogP contribution in [0.2, 0.25) is 0 Å². The van der Waals surface area contributed by atoms with Crippen LogP contribution in [0.3, 0.4) is 0 Å². The number of hydrogen-bond donors (Lipinski definition) is 3. The van der Waals surface area contributed by atoms with Gasteiger partial charge in [-0.25, -0.2) is 28.1 Å². The van der Waals surface area contributed by atoms with E-state index in [1.807, 2.05) is 6.07 Å². The standard InChI is InChI=1S/C22H29N7O5S/c1-4-11-35(24,34)20-25-17(23)16-18(26-20)28(12-14-9-7-6-8-10-14)22(33)29(16)21(32)27(3)13-15(5-2)19(30)31/h6-10,15,24H,4-5,11-13H2,1-3H3,(H,30,31)(H2,23,25,26). The van der Waals surface area contributed by atoms with Gasteiger partial charge in [0.25, 0.3) is 0 Å². The van der Waals surface area contributed by atoms with Crippen molar-refractivity contribution in [3.63, 3.8) is 0 Å². The van der Waals surface area contributed by atoms with Gasteiger partial charge in [-0.1, -0.05) is 44.2 Å². The molecule has 0 aliphatic carbocycles. The van der Waals surface area contributed by atoms with Gasteiger partial charge >= 0.3 is 17.7 Å². The molecular weight excluding hydrogens is 474 g/mol. The molecule has 0 aliphatic rings. The van der Waals surface area contributed by atoms with E-state index in [0.29, 0.717) is 12.8 Å². The van der Waals surface area contributed by atoms with Crippen molar-refractivity contribution < 1.29 is 18.9 Å². The molecule has 0 bridgehead atoms. The monoisotopic (exact) mass is 503 g/mol. The van der Waals surface area contributed by atoms with E-state index in [0.717, 1.165) is 15.0 Å². The van der Waals surface area contributed by atoms with E-state index in [4.69, 9.17) is 10.5 Å². The third kappa shape index (κ3) is 5.19. The van der Waals surface area contributed by atoms with Gasteiger partial charge in [0.05, 0.1) is 12.5 Å². The van der Waals surface area contributed by atoms with Crippen LogP contribution >= 0.6 is 0 Å². The minimum atomic E-state index is -3.37. The van der Waals surface area contributed by atoms with E-state index in [1.54, 1.807) is 38.1 Å². The molecule has 2 unspecified atom stereocenters. The first kappa shape index (κ1) is 25.9. The van der Waals surface area contributed by atoms with Crippen LogP contribution in [0.25, 0.3) is 11.2 Å². The summed E-state index contributed by atoms with van der Waals surface area (Å²) in [5, 5.41) is 9.06. The van der Waals surface area contributed by atoms with Gasteiger partial charge in [-0.3, -0.25) is 9.36 Å². The number of fused-ring (bicyclic) bond motifs is 1. The highest BCUT2D eigenvalue weighted by atomic mass is 32.2. The molecule has 1 amide bonds. The molecule has 2 heterocycles. The van der Waals surface area contributed by atoms with Crippen molar-refractivity contribution >= 4 is 38.7 Å². The summed E-state index contributed by atoms with van der Waals surface area (Å²) in [6.45, 7) is 3.37. The summed E-state index contributed by atoms with van der Waals surface area (Å²) in [6.07, 6.45) is 0.744. The highest BCUT2D eigenvalue weighted by Gasteiger charge is 2.29. The van der Waals surface area contributed by atoms with Gasteiger partial charge < -0.3 is 15.7 Å². The second-order valence-electron chi connectivity index (χ2n) is 8.24. The number of nitrogen functional groups attached to an aromatic ring is 1. The Balaban J connectivity index is 2.23. The number of nitrogens with zero attached hydrogens (tertiary/aromatic N) is 5. The number of amides is 1. The minimum Gasteiger partial charge on any atom is -0.481 e. The van der Waals surface area contributed by atoms with Crippen molar-refractivity contribution in [1.29, 1.82) is 4.78 Å². The Morgan fingerprint density at radius 1 is 1.23 bits per heavy atom. The number of anilines is 1. The van der Waals surface area contributed by atoms with E-state index >= 15 is 0 Å². The van der Waals surface area contributed by atoms with Crippen LogP contribution < -0.4 is 11.4 Å². The average molecular weight is 504 g/mol. The molecule has 0 radical (unpaired) electrons. The molecule has 3 rings (SSSR count). The Labute approximate surface area is 202 Å². The van der Waals surface area contributed by atoms with E-state index in [1.165, 1.54) is 11.6 Å². The maximum atomic E-state index is 13.5. The number of benzene rings is 1. The average Bonchev–Trinajstić information content (AvgIpc) is 3.09. The van der Waals surface area contributed by atoms with Crippen LogP contribution in [-0.2, 0) is 21.1 Å². The molecule has 2 atom stereocenters. The van der Waals surface area contributed by atoms with E-state index in [9.17, 15) is 23.7 Å². The fourth-order valence-electron chi connectivity index (χ4n) is 3.72. The van der Waals surface area contributed by atoms with Crippen LogP contribution in [0.15, 0.2) is 40.3 Å². The molecule has 1 aromatic carbocycles. The normalized spacial score (nSPS) is 13.9. The molecule has 3 aromatic rings. The number of hydrogen-bond acceptors (Lipinski definition) is 8. The summed E-state index contributed by atoms with van der Waals surface area (Å²) in [5.74, 6) is -2.13. The number of carbonyl (C=O) groups excluding carboxylic acids is 1. The lowest BCUT2D eigenvalue weighted by Gasteiger charge is -2.21. The van der Waals surface area contributed by atoms with Gasteiger partial charge in [0, 0.05) is 19.3 Å². The van der Waals surface area contributed by atoms with Crippen molar-refractivity contribution in [2.24, 2.45) is 5.92 Å². The quantitative estimate of drug-likeness (QED) is 0.371. The molecule has 0 fully saturated rings. The van der Waals surface area contributed by atoms with E-state index in [-0.39, 0.29) is 41.0 Å². The van der Waals surface area contributed by atoms with Crippen molar-refractivity contribution in [2.75, 3.05) is 25.1 Å². The molecule has 0 aliphatic heterocycles. The molecule has 13 heteroatoms. The zero-order chi connectivity index (χ0) is 25.9. The molecule has 2 aromatic heterocycles. The summed E-state index contributed by atoms with van der Waals surface area (Å²) in [6, 6.07) is 8.19. The maximum absolute atomic E-state index is 13.5. The Hall–Kier alpha value is -3.74. The van der Waals surface area contributed by atoms with Crippen LogP contribution in [0.5, 0.6) is 0 Å². The molecular formula is C22H29N7O5S. The summed E-state index contributed by atoms with van der Waals surface area (Å²) < 4.78 is 23.1. The number of carboxylic acids is 1. The molecule has 0 saturated carbocycles. The van der Waals surface area contributed by atoms with Crippen molar-refractivity contribution in [3.05, 3.63) is 46.4 Å². The largest absolute Gasteiger partial charge is 0.481 e. The predicted molar refractivity (Wildman–Crippen MR) is 131 cm³/mol.